The molecule has 0 saturated carbocycles. The van der Waals surface area contributed by atoms with Crippen molar-refractivity contribution >= 4 is 82.3 Å². The molecule has 8 atom stereocenters. The van der Waals surface area contributed by atoms with Crippen molar-refractivity contribution < 1.29 is 63.0 Å². The number of hydrogen-bond donors (Lipinski definition) is 16. The number of amides is 11. The number of phenols is 1. The Morgan fingerprint density at radius 3 is 2.11 bits per heavy atom. The van der Waals surface area contributed by atoms with Crippen LogP contribution >= 0.6 is 0 Å². The molecule has 84 heavy (non-hydrogen) atoms. The summed E-state index contributed by atoms with van der Waals surface area (Å²) in [5.74, 6) is -8.09. The van der Waals surface area contributed by atoms with Crippen molar-refractivity contribution in [1.29, 1.82) is 0 Å². The SMILES string of the molecule is CC(C)C[C@H](NC(=O)CNC(=O)[C@H](Cc1ccc(O)cc1)NC(=O)[C@H](CO)NC(=O)[C@H](Cc1c[nH]c2ccccc12)NC(=O)[C@H](Cc1cnc[nH]1)NC(=O)[C@@H]1CCC(=O)N1)C(=O)N[C@@H](CCCN=C(N)N)C(=O)N1CCC[C@H]1C(=O)NNC=O. The minimum absolute atomic E-state index is 0.0208. The van der Waals surface area contributed by atoms with Gasteiger partial charge in [0, 0.05) is 67.8 Å². The topological polar surface area (TPSA) is 461 Å². The third-order valence-electron chi connectivity index (χ3n) is 13.9. The average molecular weight is 1170 g/mol. The van der Waals surface area contributed by atoms with Crippen molar-refractivity contribution in [1.82, 2.24) is 73.2 Å². The highest BCUT2D eigenvalue weighted by Crippen LogP contribution is 2.22. The highest BCUT2D eigenvalue weighted by molar-refractivity contribution is 5.99. The summed E-state index contributed by atoms with van der Waals surface area (Å²) in [6, 6.07) is 2.40. The van der Waals surface area contributed by atoms with E-state index >= 15 is 0 Å². The van der Waals surface area contributed by atoms with Gasteiger partial charge in [-0.25, -0.2) is 4.98 Å². The first-order valence-electron chi connectivity index (χ1n) is 27.4. The molecule has 4 aromatic rings. The molecule has 18 N–H and O–H groups in total. The monoisotopic (exact) mass is 1170 g/mol. The molecule has 2 saturated heterocycles. The number of nitrogens with two attached hydrogens (primary N) is 2. The number of rotatable bonds is 31. The lowest BCUT2D eigenvalue weighted by Gasteiger charge is -2.30. The van der Waals surface area contributed by atoms with Gasteiger partial charge in [0.1, 0.15) is 54.1 Å². The van der Waals surface area contributed by atoms with Crippen LogP contribution in [0.3, 0.4) is 0 Å². The molecule has 6 rings (SSSR count). The van der Waals surface area contributed by atoms with Gasteiger partial charge in [-0.05, 0) is 73.8 Å². The number of aromatic nitrogens is 3. The van der Waals surface area contributed by atoms with Gasteiger partial charge in [0.05, 0.1) is 19.5 Å². The summed E-state index contributed by atoms with van der Waals surface area (Å²) in [6.07, 6.45) is 5.54. The Morgan fingerprint density at radius 1 is 0.786 bits per heavy atom. The molecule has 2 fully saturated rings. The number of aromatic hydroxyl groups is 1. The van der Waals surface area contributed by atoms with Gasteiger partial charge in [-0.2, -0.15) is 0 Å². The van der Waals surface area contributed by atoms with Gasteiger partial charge >= 0.3 is 0 Å². The molecule has 11 amide bonds. The Labute approximate surface area is 482 Å². The summed E-state index contributed by atoms with van der Waals surface area (Å²) >= 11 is 0. The van der Waals surface area contributed by atoms with Gasteiger partial charge < -0.3 is 79.1 Å². The zero-order valence-electron chi connectivity index (χ0n) is 46.4. The number of carbonyl (C=O) groups excluding carboxylic acids is 11. The van der Waals surface area contributed by atoms with E-state index in [2.05, 4.69) is 73.3 Å². The predicted octanol–water partition coefficient (Wildman–Crippen LogP) is -4.21. The smallest absolute Gasteiger partial charge is 0.261 e. The predicted molar refractivity (Wildman–Crippen MR) is 300 cm³/mol. The summed E-state index contributed by atoms with van der Waals surface area (Å²) in [5, 5.41) is 42.0. The second kappa shape index (κ2) is 31.0. The number of carbonyl (C=O) groups is 11. The fourth-order valence-corrected chi connectivity index (χ4v) is 9.69. The highest BCUT2D eigenvalue weighted by Gasteiger charge is 2.39. The molecule has 0 spiro atoms. The molecule has 2 aliphatic rings. The summed E-state index contributed by atoms with van der Waals surface area (Å²) < 4.78 is 0. The van der Waals surface area contributed by atoms with E-state index in [0.717, 1.165) is 0 Å². The van der Waals surface area contributed by atoms with Crippen LogP contribution in [-0.4, -0.2) is 176 Å². The Balaban J connectivity index is 1.16. The van der Waals surface area contributed by atoms with Crippen LogP contribution < -0.4 is 64.9 Å². The van der Waals surface area contributed by atoms with E-state index in [1.54, 1.807) is 44.3 Å². The first kappa shape index (κ1) is 63.6. The molecule has 2 aliphatic heterocycles. The quantitative estimate of drug-likeness (QED) is 0.00747. The zero-order chi connectivity index (χ0) is 60.9. The van der Waals surface area contributed by atoms with Gasteiger partial charge in [0.15, 0.2) is 5.96 Å². The molecule has 30 heteroatoms. The Kier molecular flexibility index (Phi) is 23.5. The van der Waals surface area contributed by atoms with Gasteiger partial charge in [-0.1, -0.05) is 44.2 Å². The number of phenolic OH excluding ortho intramolecular Hbond substituents is 1. The molecule has 30 nitrogen and oxygen atoms in total. The number of aliphatic hydroxyl groups is 1. The van der Waals surface area contributed by atoms with Crippen LogP contribution in [0.15, 0.2) is 72.2 Å². The van der Waals surface area contributed by atoms with E-state index in [9.17, 15) is 63.0 Å². The van der Waals surface area contributed by atoms with Crippen LogP contribution in [0.4, 0.5) is 0 Å². The number of fused-ring (bicyclic) bond motifs is 1. The number of benzene rings is 2. The van der Waals surface area contributed by atoms with Crippen molar-refractivity contribution in [3.05, 3.63) is 84.1 Å². The largest absolute Gasteiger partial charge is 0.508 e. The Morgan fingerprint density at radius 2 is 1.45 bits per heavy atom. The van der Waals surface area contributed by atoms with Crippen LogP contribution in [0.25, 0.3) is 10.9 Å². The number of nitrogens with zero attached hydrogens (tertiary/aromatic N) is 3. The molecule has 0 aliphatic carbocycles. The van der Waals surface area contributed by atoms with E-state index in [0.29, 0.717) is 34.1 Å². The highest BCUT2D eigenvalue weighted by atomic mass is 16.3. The number of likely N-dealkylation sites (tertiary alicyclic amines) is 1. The number of aliphatic hydroxyl groups excluding tert-OH is 1. The number of hydrogen-bond acceptors (Lipinski definition) is 15. The van der Waals surface area contributed by atoms with Crippen molar-refractivity contribution in [2.75, 3.05) is 26.2 Å². The maximum absolute atomic E-state index is 14.4. The van der Waals surface area contributed by atoms with Gasteiger partial charge in [-0.15, -0.1) is 0 Å². The summed E-state index contributed by atoms with van der Waals surface area (Å²) in [7, 11) is 0. The van der Waals surface area contributed by atoms with Crippen LogP contribution in [-0.2, 0) is 72.0 Å². The zero-order valence-corrected chi connectivity index (χ0v) is 46.4. The third-order valence-corrected chi connectivity index (χ3v) is 13.9. The summed E-state index contributed by atoms with van der Waals surface area (Å²) in [6.45, 7) is 2.09. The van der Waals surface area contributed by atoms with E-state index in [-0.39, 0.29) is 101 Å². The standard InChI is InChI=1S/C54H73N17O13/c1-29(2)19-38(48(79)65-37(9-5-17-58-54(55)56)53(84)71-18-6-10-43(71)52(83)70-62-28-73)64-45(76)25-60-46(77)39(20-30-11-13-33(74)14-12-30)66-51(82)42(26-72)69-49(80)40(21-31-23-59-35-8-4-3-7-34(31)35)67-50(81)41(22-32-24-57-27-61-32)68-47(78)36-15-16-44(75)63-36/h3-4,7-8,11-14,23-24,27-29,36-43,59,72,74H,5-6,9-10,15-22,25-26H2,1-2H3,(H,57,61)(H,60,77)(H,62,73)(H,63,75)(H,64,76)(H,65,79)(H,66,82)(H,67,81)(H,68,78)(H,69,80)(H,70,83)(H4,55,56,58)/t36-,37-,38-,39-,40-,41-,42-,43-/m0/s1. The lowest BCUT2D eigenvalue weighted by atomic mass is 10.0. The number of guanidine groups is 1. The van der Waals surface area contributed by atoms with Crippen molar-refractivity contribution in [2.45, 2.75) is 126 Å². The van der Waals surface area contributed by atoms with Crippen LogP contribution in [0.5, 0.6) is 5.75 Å². The number of imidazole rings is 1. The van der Waals surface area contributed by atoms with Crippen molar-refractivity contribution in [2.24, 2.45) is 22.4 Å². The lowest BCUT2D eigenvalue weighted by Crippen LogP contribution is -2.60. The third kappa shape index (κ3) is 18.7. The number of para-hydroxylation sites is 1. The molecular weight excluding hydrogens is 1090 g/mol. The normalized spacial score (nSPS) is 16.8. The maximum Gasteiger partial charge on any atom is 0.261 e. The second-order valence-electron chi connectivity index (χ2n) is 20.7. The Hall–Kier alpha value is -9.61. The fraction of sp³-hybridized carbons (Fsp3) is 0.463. The van der Waals surface area contributed by atoms with Crippen LogP contribution in [0, 0.1) is 5.92 Å². The molecule has 0 unspecified atom stereocenters. The minimum Gasteiger partial charge on any atom is -0.508 e. The fourth-order valence-electron chi connectivity index (χ4n) is 9.69. The van der Waals surface area contributed by atoms with E-state index in [1.165, 1.54) is 41.7 Å². The maximum atomic E-state index is 14.4. The van der Waals surface area contributed by atoms with E-state index in [1.807, 2.05) is 0 Å². The molecular formula is C54H73N17O13. The molecule has 0 radical (unpaired) electrons. The molecule has 452 valence electrons. The van der Waals surface area contributed by atoms with Crippen LogP contribution in [0.2, 0.25) is 0 Å². The summed E-state index contributed by atoms with van der Waals surface area (Å²) in [5.41, 5.74) is 17.4. The lowest BCUT2D eigenvalue weighted by molar-refractivity contribution is -0.142. The molecule has 2 aromatic carbocycles. The van der Waals surface area contributed by atoms with Crippen molar-refractivity contribution in [3.63, 3.8) is 0 Å². The van der Waals surface area contributed by atoms with Gasteiger partial charge in [-0.3, -0.25) is 68.6 Å². The van der Waals surface area contributed by atoms with Crippen molar-refractivity contribution in [3.8, 4) is 5.75 Å². The van der Waals surface area contributed by atoms with E-state index < -0.39 is 115 Å². The molecule has 4 heterocycles. The average Bonchev–Trinajstić information content (AvgIpc) is 4.48. The minimum atomic E-state index is -1.75. The molecule has 0 bridgehead atoms. The van der Waals surface area contributed by atoms with Gasteiger partial charge in [0.2, 0.25) is 59.6 Å². The summed E-state index contributed by atoms with van der Waals surface area (Å²) in [4.78, 5) is 163. The van der Waals surface area contributed by atoms with Crippen LogP contribution in [0.1, 0.15) is 75.6 Å². The number of nitrogens with one attached hydrogen (secondary N) is 12. The number of H-pyrrole nitrogens is 2. The second-order valence-corrected chi connectivity index (χ2v) is 20.7. The van der Waals surface area contributed by atoms with Gasteiger partial charge in [0.25, 0.3) is 5.91 Å². The first-order chi connectivity index (χ1) is 40.2. The Bertz CT molecular complexity index is 3000. The number of hydrazine groups is 1. The number of aliphatic imine (C=N–C) groups is 1. The van der Waals surface area contributed by atoms with E-state index in [4.69, 9.17) is 11.5 Å². The molecule has 2 aromatic heterocycles. The first-order valence-corrected chi connectivity index (χ1v) is 27.4. The number of aromatic amines is 2.